The van der Waals surface area contributed by atoms with Crippen molar-refractivity contribution in [1.29, 1.82) is 0 Å². The number of nitrogens with two attached hydrogens (primary N) is 1. The molecule has 0 heterocycles. The summed E-state index contributed by atoms with van der Waals surface area (Å²) in [6.45, 7) is 10.9. The van der Waals surface area contributed by atoms with Crippen molar-refractivity contribution in [1.82, 2.24) is 5.32 Å². The van der Waals surface area contributed by atoms with Crippen LogP contribution in [0.2, 0.25) is 0 Å². The molecule has 0 aliphatic heterocycles. The lowest BCUT2D eigenvalue weighted by atomic mass is 10.3. The van der Waals surface area contributed by atoms with Crippen LogP contribution in [0.1, 0.15) is 0 Å². The SMILES string of the molecule is CNCCOCCOCCOCCOCCOCCOCCOCCOCCOCCOc1ccccc1N. The van der Waals surface area contributed by atoms with Gasteiger partial charge in [0.15, 0.2) is 0 Å². The van der Waals surface area contributed by atoms with Crippen LogP contribution in [0.4, 0.5) is 5.69 Å². The molecule has 0 saturated carbocycles. The molecule has 0 aliphatic rings. The highest BCUT2D eigenvalue weighted by Crippen LogP contribution is 2.19. The maximum absolute atomic E-state index is 5.81. The Balaban J connectivity index is 1.64. The third-order valence-corrected chi connectivity index (χ3v) is 4.88. The zero-order valence-electron chi connectivity index (χ0n) is 23.6. The maximum atomic E-state index is 5.81. The van der Waals surface area contributed by atoms with E-state index in [2.05, 4.69) is 5.32 Å². The Hall–Kier alpha value is -1.58. The molecule has 0 radical (unpaired) electrons. The minimum atomic E-state index is 0.442. The van der Waals surface area contributed by atoms with Gasteiger partial charge < -0.3 is 58.4 Å². The van der Waals surface area contributed by atoms with E-state index in [1.807, 2.05) is 25.2 Å². The minimum Gasteiger partial charge on any atom is -0.489 e. The van der Waals surface area contributed by atoms with E-state index >= 15 is 0 Å². The van der Waals surface area contributed by atoms with E-state index < -0.39 is 0 Å². The molecule has 0 unspecified atom stereocenters. The second-order valence-electron chi connectivity index (χ2n) is 8.00. The molecule has 0 amide bonds. The lowest BCUT2D eigenvalue weighted by Gasteiger charge is -2.09. The zero-order valence-corrected chi connectivity index (χ0v) is 23.6. The summed E-state index contributed by atoms with van der Waals surface area (Å²) < 4.78 is 54.5. The quantitative estimate of drug-likeness (QED) is 0.0990. The van der Waals surface area contributed by atoms with Gasteiger partial charge in [0.2, 0.25) is 0 Å². The molecular weight excluding hydrogens is 512 g/mol. The second-order valence-corrected chi connectivity index (χ2v) is 8.00. The van der Waals surface area contributed by atoms with Crippen LogP contribution in [-0.4, -0.2) is 139 Å². The third kappa shape index (κ3) is 25.2. The Morgan fingerprint density at radius 2 is 0.769 bits per heavy atom. The molecule has 0 bridgehead atoms. The first-order valence-corrected chi connectivity index (χ1v) is 13.7. The lowest BCUT2D eigenvalue weighted by Crippen LogP contribution is -2.17. The molecule has 39 heavy (non-hydrogen) atoms. The minimum absolute atomic E-state index is 0.442. The monoisotopic (exact) mass is 562 g/mol. The summed E-state index contributed by atoms with van der Waals surface area (Å²) in [5, 5.41) is 3.02. The van der Waals surface area contributed by atoms with Gasteiger partial charge in [-0.15, -0.1) is 0 Å². The highest BCUT2D eigenvalue weighted by molar-refractivity contribution is 5.51. The first-order chi connectivity index (χ1) is 19.3. The second kappa shape index (κ2) is 29.4. The molecule has 0 atom stereocenters. The summed E-state index contributed by atoms with van der Waals surface area (Å²) in [5.74, 6) is 0.671. The normalized spacial score (nSPS) is 11.3. The standard InChI is InChI=1S/C27H50N2O10/c1-29-6-7-30-8-9-31-10-11-32-12-13-33-14-15-34-16-17-35-18-19-36-20-21-37-22-23-38-24-25-39-27-5-3-2-4-26(27)28/h2-5,29H,6-25,28H2,1H3. The van der Waals surface area contributed by atoms with E-state index in [0.29, 0.717) is 137 Å². The summed E-state index contributed by atoms with van der Waals surface area (Å²) in [7, 11) is 1.90. The number of ether oxygens (including phenoxy) is 10. The van der Waals surface area contributed by atoms with Crippen molar-refractivity contribution in [3.8, 4) is 5.75 Å². The molecule has 1 rings (SSSR count). The van der Waals surface area contributed by atoms with Crippen LogP contribution in [0.3, 0.4) is 0 Å². The predicted octanol–water partition coefficient (Wildman–Crippen LogP) is 1.02. The van der Waals surface area contributed by atoms with Crippen LogP contribution < -0.4 is 15.8 Å². The molecule has 0 aliphatic carbocycles. The van der Waals surface area contributed by atoms with Gasteiger partial charge >= 0.3 is 0 Å². The van der Waals surface area contributed by atoms with Crippen molar-refractivity contribution >= 4 is 5.69 Å². The number of rotatable bonds is 31. The van der Waals surface area contributed by atoms with Crippen LogP contribution >= 0.6 is 0 Å². The number of benzene rings is 1. The fraction of sp³-hybridized carbons (Fsp3) is 0.778. The van der Waals surface area contributed by atoms with Crippen molar-refractivity contribution in [2.75, 3.05) is 145 Å². The van der Waals surface area contributed by atoms with Crippen molar-refractivity contribution in [3.05, 3.63) is 24.3 Å². The molecule has 0 aromatic heterocycles. The van der Waals surface area contributed by atoms with Gasteiger partial charge in [-0.2, -0.15) is 0 Å². The number of likely N-dealkylation sites (N-methyl/N-ethyl adjacent to an activating group) is 1. The smallest absolute Gasteiger partial charge is 0.142 e. The summed E-state index contributed by atoms with van der Waals surface area (Å²) >= 11 is 0. The van der Waals surface area contributed by atoms with Gasteiger partial charge in [0.1, 0.15) is 12.4 Å². The summed E-state index contributed by atoms with van der Waals surface area (Å²) in [4.78, 5) is 0. The average Bonchev–Trinajstić information content (AvgIpc) is 2.95. The molecule has 12 heteroatoms. The Bertz CT molecular complexity index is 630. The molecule has 0 saturated heterocycles. The number of hydrogen-bond acceptors (Lipinski definition) is 12. The van der Waals surface area contributed by atoms with Gasteiger partial charge in [0.25, 0.3) is 0 Å². The van der Waals surface area contributed by atoms with Gasteiger partial charge in [0.05, 0.1) is 125 Å². The number of nitrogen functional groups attached to an aromatic ring is 1. The Morgan fingerprint density at radius 3 is 1.10 bits per heavy atom. The fourth-order valence-corrected chi connectivity index (χ4v) is 2.86. The first kappa shape index (κ1) is 35.4. The van der Waals surface area contributed by atoms with Gasteiger partial charge in [-0.3, -0.25) is 0 Å². The van der Waals surface area contributed by atoms with Crippen molar-refractivity contribution in [2.24, 2.45) is 0 Å². The highest BCUT2D eigenvalue weighted by atomic mass is 16.6. The molecule has 228 valence electrons. The molecule has 0 fully saturated rings. The summed E-state index contributed by atoms with van der Waals surface area (Å²) in [5.41, 5.74) is 6.43. The van der Waals surface area contributed by atoms with E-state index in [1.54, 1.807) is 6.07 Å². The summed E-state index contributed by atoms with van der Waals surface area (Å²) in [6, 6.07) is 7.38. The molecule has 1 aromatic carbocycles. The van der Waals surface area contributed by atoms with Gasteiger partial charge in [0, 0.05) is 6.54 Å². The Labute approximate surface area is 233 Å². The number of anilines is 1. The van der Waals surface area contributed by atoms with Crippen LogP contribution in [0.5, 0.6) is 5.75 Å². The Morgan fingerprint density at radius 1 is 0.462 bits per heavy atom. The van der Waals surface area contributed by atoms with E-state index in [9.17, 15) is 0 Å². The van der Waals surface area contributed by atoms with Crippen LogP contribution in [0, 0.1) is 0 Å². The first-order valence-electron chi connectivity index (χ1n) is 13.7. The van der Waals surface area contributed by atoms with E-state index in [1.165, 1.54) is 0 Å². The molecule has 12 nitrogen and oxygen atoms in total. The molecule has 0 spiro atoms. The summed E-state index contributed by atoms with van der Waals surface area (Å²) in [6.07, 6.45) is 0. The van der Waals surface area contributed by atoms with Crippen molar-refractivity contribution in [2.45, 2.75) is 0 Å². The van der Waals surface area contributed by atoms with Gasteiger partial charge in [-0.25, -0.2) is 0 Å². The van der Waals surface area contributed by atoms with Crippen molar-refractivity contribution in [3.63, 3.8) is 0 Å². The van der Waals surface area contributed by atoms with E-state index in [-0.39, 0.29) is 0 Å². The van der Waals surface area contributed by atoms with Crippen molar-refractivity contribution < 1.29 is 47.4 Å². The van der Waals surface area contributed by atoms with Gasteiger partial charge in [-0.1, -0.05) is 12.1 Å². The lowest BCUT2D eigenvalue weighted by molar-refractivity contribution is -0.0253. The van der Waals surface area contributed by atoms with E-state index in [0.717, 1.165) is 6.54 Å². The van der Waals surface area contributed by atoms with Gasteiger partial charge in [-0.05, 0) is 19.2 Å². The predicted molar refractivity (Wildman–Crippen MR) is 148 cm³/mol. The molecule has 3 N–H and O–H groups in total. The molecule has 1 aromatic rings. The highest BCUT2D eigenvalue weighted by Gasteiger charge is 1.98. The van der Waals surface area contributed by atoms with Crippen LogP contribution in [0.15, 0.2) is 24.3 Å². The van der Waals surface area contributed by atoms with Crippen LogP contribution in [0.25, 0.3) is 0 Å². The number of hydrogen-bond donors (Lipinski definition) is 2. The number of nitrogens with one attached hydrogen (secondary N) is 1. The van der Waals surface area contributed by atoms with Crippen LogP contribution in [-0.2, 0) is 42.6 Å². The van der Waals surface area contributed by atoms with E-state index in [4.69, 9.17) is 53.1 Å². The maximum Gasteiger partial charge on any atom is 0.142 e. The topological polar surface area (TPSA) is 130 Å². The fourth-order valence-electron chi connectivity index (χ4n) is 2.86. The largest absolute Gasteiger partial charge is 0.489 e. The third-order valence-electron chi connectivity index (χ3n) is 4.88. The number of para-hydroxylation sites is 2. The Kier molecular flexibility index (Phi) is 26.7. The average molecular weight is 563 g/mol. The molecular formula is C27H50N2O10. The zero-order chi connectivity index (χ0) is 27.9.